The van der Waals surface area contributed by atoms with Crippen LogP contribution in [0.1, 0.15) is 31.9 Å². The number of aryl methyl sites for hydroxylation is 2. The van der Waals surface area contributed by atoms with Crippen LogP contribution in [0.2, 0.25) is 0 Å². The van der Waals surface area contributed by atoms with Crippen molar-refractivity contribution < 1.29 is 9.59 Å². The van der Waals surface area contributed by atoms with E-state index in [1.807, 2.05) is 31.3 Å². The molecule has 1 fully saturated rings. The van der Waals surface area contributed by atoms with Crippen LogP contribution in [0.25, 0.3) is 0 Å². The molecule has 1 saturated heterocycles. The molecule has 0 bridgehead atoms. The van der Waals surface area contributed by atoms with Crippen molar-refractivity contribution in [3.8, 4) is 0 Å². The van der Waals surface area contributed by atoms with E-state index in [1.165, 1.54) is 0 Å². The molecule has 3 heterocycles. The Morgan fingerprint density at radius 3 is 2.92 bits per heavy atom. The number of pyridine rings is 1. The molecule has 2 aromatic rings. The summed E-state index contributed by atoms with van der Waals surface area (Å²) in [5.74, 6) is 0.395. The minimum atomic E-state index is -0.423. The summed E-state index contributed by atoms with van der Waals surface area (Å²) in [7, 11) is 0. The first kappa shape index (κ1) is 17.1. The molecule has 0 radical (unpaired) electrons. The minimum absolute atomic E-state index is 0.0582. The Balaban J connectivity index is 1.56. The van der Waals surface area contributed by atoms with Crippen LogP contribution in [0.4, 0.5) is 5.82 Å². The van der Waals surface area contributed by atoms with E-state index in [4.69, 9.17) is 0 Å². The normalized spacial score (nSPS) is 15.4. The van der Waals surface area contributed by atoms with E-state index in [-0.39, 0.29) is 11.8 Å². The maximum Gasteiger partial charge on any atom is 0.248 e. The van der Waals surface area contributed by atoms with Crippen molar-refractivity contribution in [3.05, 3.63) is 42.4 Å². The molecular weight excluding hydrogens is 318 g/mol. The molecule has 2 aromatic heterocycles. The van der Waals surface area contributed by atoms with Gasteiger partial charge in [0.15, 0.2) is 5.82 Å². The molecule has 25 heavy (non-hydrogen) atoms. The average Bonchev–Trinajstić information content (AvgIpc) is 3.24. The van der Waals surface area contributed by atoms with E-state index >= 15 is 0 Å². The van der Waals surface area contributed by atoms with Gasteiger partial charge in [-0.3, -0.25) is 19.3 Å². The van der Waals surface area contributed by atoms with Gasteiger partial charge in [-0.25, -0.2) is 0 Å². The predicted octanol–water partition coefficient (Wildman–Crippen LogP) is 1.86. The number of aromatic nitrogens is 3. The highest BCUT2D eigenvalue weighted by atomic mass is 16.2. The monoisotopic (exact) mass is 341 g/mol. The summed E-state index contributed by atoms with van der Waals surface area (Å²) in [4.78, 5) is 30.3. The third kappa shape index (κ3) is 4.23. The molecule has 2 amide bonds. The van der Waals surface area contributed by atoms with Crippen molar-refractivity contribution >= 4 is 17.6 Å². The molecule has 0 unspecified atom stereocenters. The fraction of sp³-hybridized carbons (Fsp3) is 0.444. The zero-order valence-corrected chi connectivity index (χ0v) is 14.4. The van der Waals surface area contributed by atoms with Crippen molar-refractivity contribution in [2.75, 3.05) is 11.9 Å². The van der Waals surface area contributed by atoms with Gasteiger partial charge in [-0.1, -0.05) is 13.0 Å². The second kappa shape index (κ2) is 7.92. The third-order valence-electron chi connectivity index (χ3n) is 4.39. The van der Waals surface area contributed by atoms with Crippen LogP contribution < -0.4 is 5.32 Å². The Bertz CT molecular complexity index is 728. The number of anilines is 1. The molecule has 1 aliphatic heterocycles. The predicted molar refractivity (Wildman–Crippen MR) is 93.8 cm³/mol. The minimum Gasteiger partial charge on any atom is -0.331 e. The van der Waals surface area contributed by atoms with Gasteiger partial charge in [0.05, 0.1) is 0 Å². The smallest absolute Gasteiger partial charge is 0.248 e. The number of rotatable bonds is 7. The van der Waals surface area contributed by atoms with E-state index in [1.54, 1.807) is 21.8 Å². The summed E-state index contributed by atoms with van der Waals surface area (Å²) in [6, 6.07) is 7.18. The molecule has 0 spiro atoms. The maximum absolute atomic E-state index is 12.5. The van der Waals surface area contributed by atoms with E-state index in [2.05, 4.69) is 15.4 Å². The van der Waals surface area contributed by atoms with Gasteiger partial charge in [0.1, 0.15) is 6.04 Å². The lowest BCUT2D eigenvalue weighted by Crippen LogP contribution is -2.44. The quantitative estimate of drug-likeness (QED) is 0.833. The van der Waals surface area contributed by atoms with Crippen molar-refractivity contribution in [3.63, 3.8) is 0 Å². The van der Waals surface area contributed by atoms with Crippen LogP contribution in [0.3, 0.4) is 0 Å². The number of hydrogen-bond acceptors (Lipinski definition) is 4. The number of likely N-dealkylation sites (tertiary alicyclic amines) is 1. The van der Waals surface area contributed by atoms with E-state index < -0.39 is 6.04 Å². The molecule has 132 valence electrons. The molecule has 7 heteroatoms. The second-order valence-corrected chi connectivity index (χ2v) is 6.14. The summed E-state index contributed by atoms with van der Waals surface area (Å²) in [6.45, 7) is 3.26. The largest absolute Gasteiger partial charge is 0.331 e. The van der Waals surface area contributed by atoms with Crippen LogP contribution in [0.5, 0.6) is 0 Å². The SMILES string of the molecule is CC[C@@H](C(=O)Nc1ccn(CCc2ccccn2)n1)N1CCCC1=O. The summed E-state index contributed by atoms with van der Waals surface area (Å²) in [5, 5.41) is 7.21. The van der Waals surface area contributed by atoms with Crippen LogP contribution >= 0.6 is 0 Å². The molecular formula is C18H23N5O2. The summed E-state index contributed by atoms with van der Waals surface area (Å²) >= 11 is 0. The number of carbonyl (C=O) groups is 2. The molecule has 0 aliphatic carbocycles. The van der Waals surface area contributed by atoms with Crippen molar-refractivity contribution in [1.29, 1.82) is 0 Å². The van der Waals surface area contributed by atoms with E-state index in [0.29, 0.717) is 31.7 Å². The molecule has 1 aliphatic rings. The number of amides is 2. The Kier molecular flexibility index (Phi) is 5.42. The maximum atomic E-state index is 12.5. The fourth-order valence-corrected chi connectivity index (χ4v) is 3.08. The van der Waals surface area contributed by atoms with Crippen LogP contribution in [-0.2, 0) is 22.6 Å². The van der Waals surface area contributed by atoms with Crippen molar-refractivity contribution in [2.45, 2.75) is 45.2 Å². The lowest BCUT2D eigenvalue weighted by Gasteiger charge is -2.25. The number of nitrogens with one attached hydrogen (secondary N) is 1. The van der Waals surface area contributed by atoms with E-state index in [0.717, 1.165) is 18.5 Å². The fourth-order valence-electron chi connectivity index (χ4n) is 3.08. The van der Waals surface area contributed by atoms with Crippen LogP contribution in [0.15, 0.2) is 36.7 Å². The van der Waals surface area contributed by atoms with Gasteiger partial charge >= 0.3 is 0 Å². The van der Waals surface area contributed by atoms with Crippen molar-refractivity contribution in [2.24, 2.45) is 0 Å². The Hall–Kier alpha value is -2.70. The zero-order valence-electron chi connectivity index (χ0n) is 14.4. The van der Waals surface area contributed by atoms with Gasteiger partial charge in [0.25, 0.3) is 0 Å². The molecule has 0 aromatic carbocycles. The third-order valence-corrected chi connectivity index (χ3v) is 4.39. The number of hydrogen-bond donors (Lipinski definition) is 1. The highest BCUT2D eigenvalue weighted by Gasteiger charge is 2.31. The summed E-state index contributed by atoms with van der Waals surface area (Å²) < 4.78 is 1.78. The standard InChI is InChI=1S/C18H23N5O2/c1-2-15(23-11-5-7-17(23)24)18(25)20-16-9-13-22(21-16)12-8-14-6-3-4-10-19-14/h3-4,6,9-10,13,15H,2,5,7-8,11-12H2,1H3,(H,20,21,25)/t15-/m0/s1. The van der Waals surface area contributed by atoms with Gasteiger partial charge < -0.3 is 10.2 Å². The zero-order chi connectivity index (χ0) is 17.6. The lowest BCUT2D eigenvalue weighted by atomic mass is 10.2. The highest BCUT2D eigenvalue weighted by molar-refractivity contribution is 5.96. The highest BCUT2D eigenvalue weighted by Crippen LogP contribution is 2.17. The lowest BCUT2D eigenvalue weighted by molar-refractivity contribution is -0.135. The molecule has 7 nitrogen and oxygen atoms in total. The molecule has 3 rings (SSSR count). The first-order valence-corrected chi connectivity index (χ1v) is 8.71. The van der Waals surface area contributed by atoms with Gasteiger partial charge in [0, 0.05) is 50.1 Å². The molecule has 1 atom stereocenters. The van der Waals surface area contributed by atoms with E-state index in [9.17, 15) is 9.59 Å². The molecule has 1 N–H and O–H groups in total. The Morgan fingerprint density at radius 1 is 1.36 bits per heavy atom. The van der Waals surface area contributed by atoms with Gasteiger partial charge in [-0.15, -0.1) is 0 Å². The van der Waals surface area contributed by atoms with Gasteiger partial charge in [-0.2, -0.15) is 5.10 Å². The second-order valence-electron chi connectivity index (χ2n) is 6.14. The van der Waals surface area contributed by atoms with Crippen molar-refractivity contribution in [1.82, 2.24) is 19.7 Å². The topological polar surface area (TPSA) is 80.1 Å². The average molecular weight is 341 g/mol. The first-order chi connectivity index (χ1) is 12.2. The van der Waals surface area contributed by atoms with Gasteiger partial charge in [0.2, 0.25) is 11.8 Å². The number of nitrogens with zero attached hydrogens (tertiary/aromatic N) is 4. The first-order valence-electron chi connectivity index (χ1n) is 8.71. The summed E-state index contributed by atoms with van der Waals surface area (Å²) in [6.07, 6.45) is 6.33. The number of carbonyl (C=O) groups excluding carboxylic acids is 2. The van der Waals surface area contributed by atoms with Gasteiger partial charge in [-0.05, 0) is 25.0 Å². The Labute approximate surface area is 147 Å². The van der Waals surface area contributed by atoms with Crippen LogP contribution in [-0.4, -0.2) is 44.1 Å². The molecule has 0 saturated carbocycles. The summed E-state index contributed by atoms with van der Waals surface area (Å²) in [5.41, 5.74) is 1.00. The van der Waals surface area contributed by atoms with Crippen LogP contribution in [0, 0.1) is 0 Å². The Morgan fingerprint density at radius 2 is 2.24 bits per heavy atom.